The third kappa shape index (κ3) is 2.76. The number of allylic oxidation sites excluding steroid dienone is 3. The van der Waals surface area contributed by atoms with Crippen molar-refractivity contribution in [3.8, 4) is 6.07 Å². The molecular formula is C32H43NO5. The average Bonchev–Trinajstić information content (AvgIpc) is 3.14. The van der Waals surface area contributed by atoms with Crippen LogP contribution in [0.15, 0.2) is 23.3 Å². The Morgan fingerprint density at radius 1 is 1.03 bits per heavy atom. The van der Waals surface area contributed by atoms with Gasteiger partial charge in [-0.15, -0.1) is 0 Å². The van der Waals surface area contributed by atoms with Crippen molar-refractivity contribution in [1.29, 1.82) is 5.26 Å². The molecule has 1 unspecified atom stereocenters. The Balaban J connectivity index is 1.54. The summed E-state index contributed by atoms with van der Waals surface area (Å²) in [6.45, 7) is 13.6. The molecule has 5 aliphatic carbocycles. The smallest absolute Gasteiger partial charge is 0.309 e. The Morgan fingerprint density at radius 3 is 2.37 bits per heavy atom. The number of rotatable bonds is 1. The van der Waals surface area contributed by atoms with Crippen molar-refractivity contribution in [2.45, 2.75) is 98.7 Å². The van der Waals surface area contributed by atoms with Crippen LogP contribution in [0.2, 0.25) is 0 Å². The van der Waals surface area contributed by atoms with Crippen LogP contribution in [0.3, 0.4) is 0 Å². The second-order valence-electron chi connectivity index (χ2n) is 15.3. The van der Waals surface area contributed by atoms with Crippen LogP contribution in [0.1, 0.15) is 92.9 Å². The monoisotopic (exact) mass is 521 g/mol. The van der Waals surface area contributed by atoms with E-state index in [1.807, 2.05) is 12.2 Å². The first-order valence-corrected chi connectivity index (χ1v) is 14.5. The van der Waals surface area contributed by atoms with E-state index >= 15 is 0 Å². The maximum atomic E-state index is 14.4. The molecule has 4 fully saturated rings. The second-order valence-corrected chi connectivity index (χ2v) is 15.3. The van der Waals surface area contributed by atoms with E-state index in [2.05, 4.69) is 47.6 Å². The molecule has 6 heteroatoms. The van der Waals surface area contributed by atoms with Gasteiger partial charge in [-0.3, -0.25) is 9.59 Å². The molecule has 38 heavy (non-hydrogen) atoms. The maximum Gasteiger partial charge on any atom is 0.309 e. The number of hydrogen-bond donors (Lipinski definition) is 2. The highest BCUT2D eigenvalue weighted by Crippen LogP contribution is 2.76. The highest BCUT2D eigenvalue weighted by Gasteiger charge is 2.73. The molecule has 1 aliphatic heterocycles. The molecule has 2 N–H and O–H groups in total. The molecule has 3 saturated carbocycles. The summed E-state index contributed by atoms with van der Waals surface area (Å²) in [7, 11) is 0. The van der Waals surface area contributed by atoms with Crippen LogP contribution in [0.25, 0.3) is 0 Å². The lowest BCUT2D eigenvalue weighted by atomic mass is 9.34. The molecule has 0 spiro atoms. The number of ether oxygens (including phenoxy) is 1. The first-order valence-electron chi connectivity index (χ1n) is 14.5. The standard InChI is InChI=1S/C32H43NO5/c1-26(2)9-11-31(25(35)36)12-10-30(6)24(20(31)17-26)21(34)15-23-27(3)16-19(18-33)32(37)29(5,13-14-38-32)22(27)7-8-28(23,30)4/h15-16,20,22,24,37H,7-14,17H2,1-6H3,(H,35,36)/t20-,22+,24-,27-,28+,29-,30+,31-,32?/m0/s1. The fourth-order valence-corrected chi connectivity index (χ4v) is 11.0. The van der Waals surface area contributed by atoms with E-state index in [0.29, 0.717) is 32.3 Å². The van der Waals surface area contributed by atoms with Crippen molar-refractivity contribution in [2.75, 3.05) is 6.61 Å². The largest absolute Gasteiger partial charge is 0.481 e. The third-order valence-electron chi connectivity index (χ3n) is 13.4. The van der Waals surface area contributed by atoms with Gasteiger partial charge in [0.2, 0.25) is 5.79 Å². The predicted molar refractivity (Wildman–Crippen MR) is 141 cm³/mol. The van der Waals surface area contributed by atoms with Crippen LogP contribution in [0.5, 0.6) is 0 Å². The van der Waals surface area contributed by atoms with E-state index in [9.17, 15) is 25.1 Å². The van der Waals surface area contributed by atoms with Gasteiger partial charge in [-0.05, 0) is 85.5 Å². The van der Waals surface area contributed by atoms with E-state index in [1.165, 1.54) is 0 Å². The lowest BCUT2D eigenvalue weighted by molar-refractivity contribution is -0.229. The van der Waals surface area contributed by atoms with Gasteiger partial charge in [-0.1, -0.05) is 53.2 Å². The number of carbonyl (C=O) groups is 2. The number of fused-ring (bicyclic) bond motifs is 9. The third-order valence-corrected chi connectivity index (χ3v) is 13.4. The minimum Gasteiger partial charge on any atom is -0.481 e. The number of hydrogen-bond acceptors (Lipinski definition) is 5. The lowest BCUT2D eigenvalue weighted by Crippen LogP contribution is -2.67. The Hall–Kier alpha value is -1.97. The zero-order chi connectivity index (χ0) is 27.7. The van der Waals surface area contributed by atoms with Gasteiger partial charge in [0.1, 0.15) is 6.07 Å². The highest BCUT2D eigenvalue weighted by atomic mass is 16.6. The van der Waals surface area contributed by atoms with Crippen LogP contribution in [-0.2, 0) is 14.3 Å². The van der Waals surface area contributed by atoms with Crippen molar-refractivity contribution in [3.63, 3.8) is 0 Å². The van der Waals surface area contributed by atoms with Gasteiger partial charge in [0.25, 0.3) is 0 Å². The summed E-state index contributed by atoms with van der Waals surface area (Å²) in [6.07, 6.45) is 9.76. The van der Waals surface area contributed by atoms with Gasteiger partial charge in [0, 0.05) is 16.7 Å². The van der Waals surface area contributed by atoms with Gasteiger partial charge in [-0.25, -0.2) is 0 Å². The SMILES string of the molecule is CC1(C)CC[C@]2(C(=O)O)CC[C@]3(C)[C@H](C(=O)C=C4[C@@]5(C)C=C(C#N)C6(O)OCC[C@@]6(C)[C@@H]5CC[C@]43C)[C@@H]2C1. The molecule has 206 valence electrons. The summed E-state index contributed by atoms with van der Waals surface area (Å²) < 4.78 is 5.87. The topological polar surface area (TPSA) is 108 Å². The molecule has 6 rings (SSSR count). The van der Waals surface area contributed by atoms with Crippen LogP contribution in [-0.4, -0.2) is 34.4 Å². The average molecular weight is 522 g/mol. The summed E-state index contributed by atoms with van der Waals surface area (Å²) in [6, 6.07) is 2.26. The number of aliphatic carboxylic acids is 1. The summed E-state index contributed by atoms with van der Waals surface area (Å²) in [5.74, 6) is -2.74. The van der Waals surface area contributed by atoms with E-state index in [4.69, 9.17) is 4.74 Å². The molecular weight excluding hydrogens is 478 g/mol. The summed E-state index contributed by atoms with van der Waals surface area (Å²) in [5.41, 5.74) is -1.37. The molecule has 0 aromatic rings. The van der Waals surface area contributed by atoms with Crippen LogP contribution in [0.4, 0.5) is 0 Å². The fourth-order valence-electron chi connectivity index (χ4n) is 11.0. The van der Waals surface area contributed by atoms with Crippen LogP contribution >= 0.6 is 0 Å². The van der Waals surface area contributed by atoms with E-state index in [-0.39, 0.29) is 45.4 Å². The molecule has 9 atom stereocenters. The minimum atomic E-state index is -1.59. The molecule has 6 nitrogen and oxygen atoms in total. The summed E-state index contributed by atoms with van der Waals surface area (Å²) in [4.78, 5) is 27.2. The number of carboxylic acids is 1. The Morgan fingerprint density at radius 2 is 1.71 bits per heavy atom. The quantitative estimate of drug-likeness (QED) is 0.451. The number of nitrogens with zero attached hydrogens (tertiary/aromatic N) is 1. The Kier molecular flexibility index (Phi) is 5.12. The van der Waals surface area contributed by atoms with Crippen molar-refractivity contribution in [2.24, 2.45) is 50.2 Å². The normalized spacial score (nSPS) is 52.7. The molecule has 0 radical (unpaired) electrons. The van der Waals surface area contributed by atoms with Crippen molar-refractivity contribution in [3.05, 3.63) is 23.3 Å². The van der Waals surface area contributed by atoms with Gasteiger partial charge < -0.3 is 14.9 Å². The summed E-state index contributed by atoms with van der Waals surface area (Å²) >= 11 is 0. The molecule has 0 amide bonds. The number of aliphatic hydroxyl groups is 1. The fraction of sp³-hybridized carbons (Fsp3) is 0.781. The van der Waals surface area contributed by atoms with Crippen molar-refractivity contribution < 1.29 is 24.5 Å². The van der Waals surface area contributed by atoms with Crippen LogP contribution in [0, 0.1) is 61.6 Å². The van der Waals surface area contributed by atoms with Gasteiger partial charge in [-0.2, -0.15) is 5.26 Å². The maximum absolute atomic E-state index is 14.4. The zero-order valence-electron chi connectivity index (χ0n) is 23.8. The van der Waals surface area contributed by atoms with E-state index < -0.39 is 28.0 Å². The lowest BCUT2D eigenvalue weighted by Gasteiger charge is -2.69. The molecule has 1 saturated heterocycles. The van der Waals surface area contributed by atoms with Crippen molar-refractivity contribution in [1.82, 2.24) is 0 Å². The number of carbonyl (C=O) groups excluding carboxylic acids is 1. The molecule has 6 aliphatic rings. The molecule has 0 aromatic heterocycles. The molecule has 0 bridgehead atoms. The first kappa shape index (κ1) is 26.3. The molecule has 1 heterocycles. The first-order chi connectivity index (χ1) is 17.5. The van der Waals surface area contributed by atoms with E-state index in [0.717, 1.165) is 31.3 Å². The van der Waals surface area contributed by atoms with Gasteiger partial charge in [0.05, 0.1) is 17.6 Å². The highest BCUT2D eigenvalue weighted by molar-refractivity contribution is 5.96. The number of nitriles is 1. The zero-order valence-corrected chi connectivity index (χ0v) is 23.8. The predicted octanol–water partition coefficient (Wildman–Crippen LogP) is 5.81. The minimum absolute atomic E-state index is 0.00596. The van der Waals surface area contributed by atoms with E-state index in [1.54, 1.807) is 0 Å². The number of carboxylic acid groups (broad SMARTS) is 1. The molecule has 0 aromatic carbocycles. The second kappa shape index (κ2) is 7.40. The van der Waals surface area contributed by atoms with Crippen molar-refractivity contribution >= 4 is 11.8 Å². The van der Waals surface area contributed by atoms with Crippen LogP contribution < -0.4 is 0 Å². The summed E-state index contributed by atoms with van der Waals surface area (Å²) in [5, 5.41) is 32.3. The van der Waals surface area contributed by atoms with Gasteiger partial charge in [0.15, 0.2) is 5.78 Å². The Labute approximate surface area is 226 Å². The number of ketones is 1. The van der Waals surface area contributed by atoms with Gasteiger partial charge >= 0.3 is 5.97 Å². The Bertz CT molecular complexity index is 1240.